The first-order valence-electron chi connectivity index (χ1n) is 12.4. The van der Waals surface area contributed by atoms with Crippen LogP contribution in [0.2, 0.25) is 0 Å². The predicted octanol–water partition coefficient (Wildman–Crippen LogP) is 5.56. The molecule has 0 saturated heterocycles. The van der Waals surface area contributed by atoms with E-state index in [1.807, 2.05) is 53.7 Å². The van der Waals surface area contributed by atoms with Gasteiger partial charge in [-0.15, -0.1) is 0 Å². The lowest BCUT2D eigenvalue weighted by Crippen LogP contribution is -2.41. The quantitative estimate of drug-likeness (QED) is 0.234. The smallest absolute Gasteiger partial charge is 0.326 e. The fourth-order valence-electron chi connectivity index (χ4n) is 3.82. The molecule has 206 valence electrons. The van der Waals surface area contributed by atoms with Crippen LogP contribution in [0.4, 0.5) is 0 Å². The van der Waals surface area contributed by atoms with Crippen molar-refractivity contribution in [2.75, 3.05) is 0 Å². The fraction of sp³-hybridized carbons (Fsp3) is 0.429. The van der Waals surface area contributed by atoms with E-state index in [-0.39, 0.29) is 11.8 Å². The van der Waals surface area contributed by atoms with Crippen LogP contribution in [0.5, 0.6) is 0 Å². The van der Waals surface area contributed by atoms with Gasteiger partial charge in [-0.1, -0.05) is 73.5 Å². The molecule has 2 unspecified atom stereocenters. The molecule has 2 atom stereocenters. The lowest BCUT2D eigenvalue weighted by atomic mass is 10.0. The Morgan fingerprint density at radius 3 is 1.32 bits per heavy atom. The van der Waals surface area contributed by atoms with Gasteiger partial charge >= 0.3 is 11.9 Å². The minimum absolute atomic E-state index is 0.0881. The largest absolute Gasteiger partial charge is 0.480 e. The van der Waals surface area contributed by atoms with Crippen molar-refractivity contribution in [1.82, 2.24) is 10.6 Å². The van der Waals surface area contributed by atoms with E-state index in [0.717, 1.165) is 11.1 Å². The lowest BCUT2D eigenvalue weighted by molar-refractivity contribution is -0.140. The summed E-state index contributed by atoms with van der Waals surface area (Å²) in [5, 5.41) is 24.4. The molecule has 0 fully saturated rings. The van der Waals surface area contributed by atoms with Gasteiger partial charge in [-0.3, -0.25) is 9.59 Å². The van der Waals surface area contributed by atoms with Gasteiger partial charge < -0.3 is 20.8 Å². The number of benzene rings is 2. The number of aliphatic carboxylic acids is 2. The van der Waals surface area contributed by atoms with Crippen molar-refractivity contribution in [2.45, 2.75) is 76.3 Å². The van der Waals surface area contributed by atoms with E-state index in [1.54, 1.807) is 24.3 Å². The number of carbonyl (C=O) groups excluding carboxylic acids is 2. The molecule has 8 nitrogen and oxygen atoms in total. The first-order chi connectivity index (χ1) is 17.8. The number of carboxylic acid groups (broad SMARTS) is 2. The van der Waals surface area contributed by atoms with Crippen LogP contribution in [-0.2, 0) is 9.59 Å². The highest BCUT2D eigenvalue weighted by molar-refractivity contribution is 8.76. The standard InChI is InChI=1S/C28H36N2O6S2/c1-15(2)13-21(27(33)34)29-25(31)19-11-7-9-17(5)23(19)37-38-24-18(6)10-8-12-20(24)26(32)30-22(28(35)36)14-16(3)4/h7-12,15-16,21-22H,13-14H2,1-6H3,(H,29,31)(H,30,32)(H,33,34)(H,35,36). The van der Waals surface area contributed by atoms with Gasteiger partial charge in [0.2, 0.25) is 0 Å². The Morgan fingerprint density at radius 2 is 1.03 bits per heavy atom. The maximum Gasteiger partial charge on any atom is 0.326 e. The van der Waals surface area contributed by atoms with Crippen LogP contribution >= 0.6 is 21.6 Å². The molecule has 0 bridgehead atoms. The van der Waals surface area contributed by atoms with Crippen LogP contribution in [0.1, 0.15) is 72.4 Å². The highest BCUT2D eigenvalue weighted by Crippen LogP contribution is 2.43. The summed E-state index contributed by atoms with van der Waals surface area (Å²) in [6.07, 6.45) is 0.611. The number of amides is 2. The van der Waals surface area contributed by atoms with Crippen molar-refractivity contribution in [3.8, 4) is 0 Å². The third-order valence-electron chi connectivity index (χ3n) is 5.74. The van der Waals surface area contributed by atoms with Gasteiger partial charge in [0, 0.05) is 9.79 Å². The third kappa shape index (κ3) is 8.80. The Balaban J connectivity index is 2.32. The molecular formula is C28H36N2O6S2. The van der Waals surface area contributed by atoms with Crippen LogP contribution < -0.4 is 10.6 Å². The van der Waals surface area contributed by atoms with Crippen molar-refractivity contribution in [3.05, 3.63) is 58.7 Å². The van der Waals surface area contributed by atoms with E-state index in [4.69, 9.17) is 0 Å². The molecule has 10 heteroatoms. The highest BCUT2D eigenvalue weighted by atomic mass is 33.1. The molecule has 0 aliphatic rings. The summed E-state index contributed by atoms with van der Waals surface area (Å²) in [5.74, 6) is -2.96. The number of hydrogen-bond acceptors (Lipinski definition) is 6. The molecular weight excluding hydrogens is 524 g/mol. The average Bonchev–Trinajstić information content (AvgIpc) is 2.82. The molecule has 2 aromatic carbocycles. The van der Waals surface area contributed by atoms with Gasteiger partial charge in [-0.25, -0.2) is 9.59 Å². The minimum atomic E-state index is -1.09. The summed E-state index contributed by atoms with van der Waals surface area (Å²) in [6, 6.07) is 8.48. The maximum atomic E-state index is 13.1. The van der Waals surface area contributed by atoms with Gasteiger partial charge in [0.25, 0.3) is 11.8 Å². The first kappa shape index (κ1) is 31.2. The Morgan fingerprint density at radius 1 is 0.684 bits per heavy atom. The zero-order valence-electron chi connectivity index (χ0n) is 22.5. The fourth-order valence-corrected chi connectivity index (χ4v) is 6.72. The number of hydrogen-bond donors (Lipinski definition) is 4. The van der Waals surface area contributed by atoms with Crippen LogP contribution in [0.25, 0.3) is 0 Å². The molecule has 2 rings (SSSR count). The summed E-state index contributed by atoms with van der Waals surface area (Å²) in [7, 11) is 2.60. The first-order valence-corrected chi connectivity index (χ1v) is 14.6. The molecule has 0 saturated carbocycles. The summed E-state index contributed by atoms with van der Waals surface area (Å²) in [6.45, 7) is 11.3. The maximum absolute atomic E-state index is 13.1. The van der Waals surface area contributed by atoms with Gasteiger partial charge in [0.05, 0.1) is 11.1 Å². The second kappa shape index (κ2) is 14.2. The van der Waals surface area contributed by atoms with Crippen LogP contribution in [0.3, 0.4) is 0 Å². The lowest BCUT2D eigenvalue weighted by Gasteiger charge is -2.19. The van der Waals surface area contributed by atoms with Crippen molar-refractivity contribution in [1.29, 1.82) is 0 Å². The van der Waals surface area contributed by atoms with E-state index in [9.17, 15) is 29.4 Å². The Kier molecular flexibility index (Phi) is 11.7. The Bertz CT molecular complexity index is 1090. The number of nitrogens with one attached hydrogen (secondary N) is 2. The average molecular weight is 561 g/mol. The van der Waals surface area contributed by atoms with Crippen LogP contribution in [-0.4, -0.2) is 46.0 Å². The zero-order valence-corrected chi connectivity index (χ0v) is 24.2. The predicted molar refractivity (Wildman–Crippen MR) is 151 cm³/mol. The summed E-state index contributed by atoms with van der Waals surface area (Å²) < 4.78 is 0. The zero-order chi connectivity index (χ0) is 28.6. The van der Waals surface area contributed by atoms with Gasteiger partial charge in [-0.2, -0.15) is 0 Å². The van der Waals surface area contributed by atoms with Crippen molar-refractivity contribution in [2.24, 2.45) is 11.8 Å². The molecule has 0 aliphatic heterocycles. The molecule has 0 spiro atoms. The number of aryl methyl sites for hydroxylation is 2. The summed E-state index contributed by atoms with van der Waals surface area (Å²) >= 11 is 0. The van der Waals surface area contributed by atoms with E-state index in [0.29, 0.717) is 33.8 Å². The van der Waals surface area contributed by atoms with E-state index < -0.39 is 35.8 Å². The molecule has 0 aliphatic carbocycles. The van der Waals surface area contributed by atoms with Crippen LogP contribution in [0, 0.1) is 25.7 Å². The highest BCUT2D eigenvalue weighted by Gasteiger charge is 2.26. The second-order valence-corrected chi connectivity index (χ2v) is 12.2. The molecule has 0 heterocycles. The molecule has 2 amide bonds. The molecule has 2 aromatic rings. The van der Waals surface area contributed by atoms with E-state index in [1.165, 1.54) is 21.6 Å². The van der Waals surface area contributed by atoms with E-state index >= 15 is 0 Å². The van der Waals surface area contributed by atoms with Gasteiger partial charge in [-0.05, 0) is 61.8 Å². The topological polar surface area (TPSA) is 133 Å². The monoisotopic (exact) mass is 560 g/mol. The SMILES string of the molecule is Cc1cccc(C(=O)NC(CC(C)C)C(=O)O)c1SSc1c(C)cccc1C(=O)NC(CC(C)C)C(=O)O. The molecule has 0 aromatic heterocycles. The Labute approximate surface area is 231 Å². The van der Waals surface area contributed by atoms with Crippen molar-refractivity contribution < 1.29 is 29.4 Å². The third-order valence-corrected chi connectivity index (χ3v) is 8.49. The molecule has 38 heavy (non-hydrogen) atoms. The second-order valence-electron chi connectivity index (χ2n) is 10.1. The molecule has 0 radical (unpaired) electrons. The van der Waals surface area contributed by atoms with Gasteiger partial charge in [0.15, 0.2) is 0 Å². The summed E-state index contributed by atoms with van der Waals surface area (Å²) in [4.78, 5) is 50.9. The molecule has 4 N–H and O–H groups in total. The van der Waals surface area contributed by atoms with Gasteiger partial charge in [0.1, 0.15) is 12.1 Å². The Hall–Kier alpha value is -2.98. The van der Waals surface area contributed by atoms with E-state index in [2.05, 4.69) is 10.6 Å². The minimum Gasteiger partial charge on any atom is -0.480 e. The summed E-state index contributed by atoms with van der Waals surface area (Å²) in [5.41, 5.74) is 2.35. The normalized spacial score (nSPS) is 12.7. The number of rotatable bonds is 13. The number of carboxylic acids is 2. The van der Waals surface area contributed by atoms with Crippen molar-refractivity contribution in [3.63, 3.8) is 0 Å². The van der Waals surface area contributed by atoms with Crippen molar-refractivity contribution >= 4 is 45.3 Å². The van der Waals surface area contributed by atoms with Crippen LogP contribution in [0.15, 0.2) is 46.2 Å². The number of carbonyl (C=O) groups is 4.